The number of amides is 1. The molecule has 0 spiro atoms. The summed E-state index contributed by atoms with van der Waals surface area (Å²) in [5.74, 6) is 0. The average molecular weight is 213 g/mol. The van der Waals surface area contributed by atoms with Gasteiger partial charge < -0.3 is 9.53 Å². The summed E-state index contributed by atoms with van der Waals surface area (Å²) in [6.45, 7) is 9.11. The summed E-state index contributed by atoms with van der Waals surface area (Å²) in [7, 11) is 1.30. The van der Waals surface area contributed by atoms with Crippen LogP contribution in [0.2, 0.25) is 0 Å². The van der Waals surface area contributed by atoms with Crippen molar-refractivity contribution in [3.8, 4) is 0 Å². The van der Waals surface area contributed by atoms with E-state index in [1.54, 1.807) is 6.08 Å². The number of hydrogen-bond donors (Lipinski definition) is 0. The Kier molecular flexibility index (Phi) is 5.05. The van der Waals surface area contributed by atoms with Gasteiger partial charge in [0.1, 0.15) is 6.29 Å². The number of rotatable bonds is 4. The van der Waals surface area contributed by atoms with Crippen LogP contribution in [0, 0.1) is 0 Å². The van der Waals surface area contributed by atoms with E-state index in [4.69, 9.17) is 0 Å². The van der Waals surface area contributed by atoms with Gasteiger partial charge in [-0.3, -0.25) is 4.90 Å². The SMILES string of the molecule is C=CCC(C=O)N(C(=O)OC)C(C)(C)C. The van der Waals surface area contributed by atoms with Crippen LogP contribution in [0.3, 0.4) is 0 Å². The first-order valence-electron chi connectivity index (χ1n) is 4.82. The molecule has 0 rings (SSSR count). The van der Waals surface area contributed by atoms with Crippen LogP contribution < -0.4 is 0 Å². The molecule has 0 N–H and O–H groups in total. The van der Waals surface area contributed by atoms with Crippen LogP contribution in [-0.2, 0) is 9.53 Å². The number of ether oxygens (including phenoxy) is 1. The highest BCUT2D eigenvalue weighted by atomic mass is 16.5. The predicted octanol–water partition coefficient (Wildman–Crippen LogP) is 2.00. The van der Waals surface area contributed by atoms with Gasteiger partial charge in [0, 0.05) is 5.54 Å². The molecule has 0 aliphatic rings. The van der Waals surface area contributed by atoms with E-state index in [1.807, 2.05) is 20.8 Å². The van der Waals surface area contributed by atoms with Gasteiger partial charge in [-0.25, -0.2) is 4.79 Å². The van der Waals surface area contributed by atoms with E-state index in [0.29, 0.717) is 6.42 Å². The quantitative estimate of drug-likeness (QED) is 0.530. The van der Waals surface area contributed by atoms with Crippen LogP contribution in [0.4, 0.5) is 4.79 Å². The molecule has 0 heterocycles. The lowest BCUT2D eigenvalue weighted by atomic mass is 10.0. The summed E-state index contributed by atoms with van der Waals surface area (Å²) in [6, 6.07) is -0.519. The molecule has 0 aliphatic carbocycles. The largest absolute Gasteiger partial charge is 0.453 e. The van der Waals surface area contributed by atoms with Crippen LogP contribution in [0.25, 0.3) is 0 Å². The molecular formula is C11H19NO3. The van der Waals surface area contributed by atoms with Crippen LogP contribution in [0.15, 0.2) is 12.7 Å². The molecule has 4 heteroatoms. The first kappa shape index (κ1) is 13.7. The van der Waals surface area contributed by atoms with Crippen molar-refractivity contribution in [2.45, 2.75) is 38.8 Å². The molecule has 15 heavy (non-hydrogen) atoms. The van der Waals surface area contributed by atoms with Crippen LogP contribution >= 0.6 is 0 Å². The lowest BCUT2D eigenvalue weighted by Crippen LogP contribution is -2.52. The lowest BCUT2D eigenvalue weighted by molar-refractivity contribution is -0.113. The highest BCUT2D eigenvalue weighted by Gasteiger charge is 2.33. The lowest BCUT2D eigenvalue weighted by Gasteiger charge is -2.37. The van der Waals surface area contributed by atoms with Crippen LogP contribution in [0.5, 0.6) is 0 Å². The van der Waals surface area contributed by atoms with E-state index < -0.39 is 17.7 Å². The molecule has 0 aromatic rings. The van der Waals surface area contributed by atoms with Crippen LogP contribution in [0.1, 0.15) is 27.2 Å². The Morgan fingerprint density at radius 2 is 2.07 bits per heavy atom. The Labute approximate surface area is 90.9 Å². The molecule has 1 unspecified atom stereocenters. The molecule has 0 aromatic carbocycles. The first-order chi connectivity index (χ1) is 6.88. The van der Waals surface area contributed by atoms with Gasteiger partial charge in [-0.15, -0.1) is 6.58 Å². The number of carbonyl (C=O) groups is 2. The fraction of sp³-hybridized carbons (Fsp3) is 0.636. The third kappa shape index (κ3) is 3.73. The second-order valence-electron chi connectivity index (χ2n) is 4.24. The second kappa shape index (κ2) is 5.53. The maximum absolute atomic E-state index is 11.5. The molecule has 0 radical (unpaired) electrons. The maximum atomic E-state index is 11.5. The van der Waals surface area contributed by atoms with Crippen molar-refractivity contribution in [1.29, 1.82) is 0 Å². The third-order valence-electron chi connectivity index (χ3n) is 1.99. The second-order valence-corrected chi connectivity index (χ2v) is 4.24. The van der Waals surface area contributed by atoms with E-state index in [-0.39, 0.29) is 0 Å². The summed E-state index contributed by atoms with van der Waals surface area (Å²) >= 11 is 0. The highest BCUT2D eigenvalue weighted by Crippen LogP contribution is 2.19. The highest BCUT2D eigenvalue weighted by molar-refractivity contribution is 5.74. The molecule has 1 amide bonds. The smallest absolute Gasteiger partial charge is 0.410 e. The number of methoxy groups -OCH3 is 1. The summed E-state index contributed by atoms with van der Waals surface area (Å²) in [5, 5.41) is 0. The van der Waals surface area contributed by atoms with E-state index in [1.165, 1.54) is 12.0 Å². The molecule has 0 aliphatic heterocycles. The molecule has 0 saturated carbocycles. The van der Waals surface area contributed by atoms with Crippen molar-refractivity contribution in [3.05, 3.63) is 12.7 Å². The molecule has 86 valence electrons. The van der Waals surface area contributed by atoms with Crippen molar-refractivity contribution in [2.75, 3.05) is 7.11 Å². The van der Waals surface area contributed by atoms with Gasteiger partial charge in [-0.1, -0.05) is 6.08 Å². The summed E-state index contributed by atoms with van der Waals surface area (Å²) < 4.78 is 4.66. The Morgan fingerprint density at radius 1 is 1.53 bits per heavy atom. The fourth-order valence-electron chi connectivity index (χ4n) is 1.40. The third-order valence-corrected chi connectivity index (χ3v) is 1.99. The fourth-order valence-corrected chi connectivity index (χ4v) is 1.40. The Bertz CT molecular complexity index is 243. The summed E-state index contributed by atoms with van der Waals surface area (Å²) in [5.41, 5.74) is -0.457. The van der Waals surface area contributed by atoms with Crippen LogP contribution in [-0.4, -0.2) is 36.0 Å². The molecule has 0 aromatic heterocycles. The predicted molar refractivity (Wildman–Crippen MR) is 58.7 cm³/mol. The molecule has 0 fully saturated rings. The standard InChI is InChI=1S/C11H19NO3/c1-6-7-9(8-13)12(10(14)15-5)11(2,3)4/h6,8-9H,1,7H2,2-5H3. The van der Waals surface area contributed by atoms with Crippen molar-refractivity contribution in [1.82, 2.24) is 4.90 Å². The average Bonchev–Trinajstić information content (AvgIpc) is 2.14. The Hall–Kier alpha value is -1.32. The zero-order valence-electron chi connectivity index (χ0n) is 9.82. The number of hydrogen-bond acceptors (Lipinski definition) is 3. The first-order valence-corrected chi connectivity index (χ1v) is 4.82. The number of carbonyl (C=O) groups excluding carboxylic acids is 2. The van der Waals surface area contributed by atoms with Gasteiger partial charge in [0.25, 0.3) is 0 Å². The summed E-state index contributed by atoms with van der Waals surface area (Å²) in [4.78, 5) is 23.9. The zero-order chi connectivity index (χ0) is 12.1. The molecule has 0 bridgehead atoms. The van der Waals surface area contributed by atoms with Crippen molar-refractivity contribution in [2.24, 2.45) is 0 Å². The van der Waals surface area contributed by atoms with Gasteiger partial charge in [0.2, 0.25) is 0 Å². The minimum Gasteiger partial charge on any atom is -0.453 e. The van der Waals surface area contributed by atoms with E-state index in [9.17, 15) is 9.59 Å². The minimum atomic E-state index is -0.519. The van der Waals surface area contributed by atoms with E-state index in [0.717, 1.165) is 6.29 Å². The van der Waals surface area contributed by atoms with E-state index >= 15 is 0 Å². The van der Waals surface area contributed by atoms with Gasteiger partial charge in [-0.05, 0) is 27.2 Å². The molecule has 4 nitrogen and oxygen atoms in total. The van der Waals surface area contributed by atoms with Gasteiger partial charge >= 0.3 is 6.09 Å². The van der Waals surface area contributed by atoms with E-state index in [2.05, 4.69) is 11.3 Å². The normalized spacial score (nSPS) is 12.8. The molecular weight excluding hydrogens is 194 g/mol. The monoisotopic (exact) mass is 213 g/mol. The van der Waals surface area contributed by atoms with Crippen molar-refractivity contribution in [3.63, 3.8) is 0 Å². The summed E-state index contributed by atoms with van der Waals surface area (Å²) in [6.07, 6.45) is 2.28. The van der Waals surface area contributed by atoms with Gasteiger partial charge in [0.15, 0.2) is 0 Å². The number of aldehydes is 1. The van der Waals surface area contributed by atoms with Gasteiger partial charge in [-0.2, -0.15) is 0 Å². The Balaban J connectivity index is 4.98. The van der Waals surface area contributed by atoms with Gasteiger partial charge in [0.05, 0.1) is 13.2 Å². The molecule has 0 saturated heterocycles. The Morgan fingerprint density at radius 3 is 2.33 bits per heavy atom. The minimum absolute atomic E-state index is 0.426. The molecule has 1 atom stereocenters. The van der Waals surface area contributed by atoms with Crippen molar-refractivity contribution < 1.29 is 14.3 Å². The maximum Gasteiger partial charge on any atom is 0.410 e. The topological polar surface area (TPSA) is 46.6 Å². The number of nitrogens with zero attached hydrogens (tertiary/aromatic N) is 1. The zero-order valence-corrected chi connectivity index (χ0v) is 9.82. The van der Waals surface area contributed by atoms with Crippen molar-refractivity contribution >= 4 is 12.4 Å².